The number of unbranched alkanes of at least 4 members (excludes halogenated alkanes) is 1. The fourth-order valence-corrected chi connectivity index (χ4v) is 4.57. The minimum atomic E-state index is -0.102. The quantitative estimate of drug-likeness (QED) is 0.336. The highest BCUT2D eigenvalue weighted by Gasteiger charge is 2.17. The Morgan fingerprint density at radius 3 is 2.38 bits per heavy atom. The number of aliphatic hydroxyl groups is 1. The van der Waals surface area contributed by atoms with Crippen LogP contribution in [0.2, 0.25) is 0 Å². The molecule has 1 saturated carbocycles. The molecule has 1 aliphatic carbocycles. The summed E-state index contributed by atoms with van der Waals surface area (Å²) in [6.45, 7) is 4.75. The van der Waals surface area contributed by atoms with E-state index in [2.05, 4.69) is 44.8 Å². The van der Waals surface area contributed by atoms with E-state index in [9.17, 15) is 5.11 Å². The summed E-state index contributed by atoms with van der Waals surface area (Å²) in [4.78, 5) is 6.78. The number of benzene rings is 1. The average Bonchev–Trinajstić information content (AvgIpc) is 3.26. The first-order valence-electron chi connectivity index (χ1n) is 11.7. The lowest BCUT2D eigenvalue weighted by Crippen LogP contribution is -2.37. The third kappa shape index (κ3) is 7.98. The van der Waals surface area contributed by atoms with Crippen molar-refractivity contribution in [2.45, 2.75) is 77.0 Å². The van der Waals surface area contributed by atoms with Gasteiger partial charge in [-0.2, -0.15) is 0 Å². The molecule has 0 bridgehead atoms. The van der Waals surface area contributed by atoms with Crippen molar-refractivity contribution in [1.29, 1.82) is 0 Å². The highest BCUT2D eigenvalue weighted by Crippen LogP contribution is 2.28. The van der Waals surface area contributed by atoms with Gasteiger partial charge in [0.1, 0.15) is 0 Å². The van der Waals surface area contributed by atoms with Crippen LogP contribution in [0.1, 0.15) is 68.9 Å². The number of piperidine rings is 1. The molecule has 3 rings (SSSR count). The number of guanidine groups is 1. The Morgan fingerprint density at radius 2 is 1.69 bits per heavy atom. The monoisotopic (exact) mass is 400 g/mol. The number of hydrogen-bond donors (Lipinski definition) is 3. The maximum absolute atomic E-state index is 9.63. The van der Waals surface area contributed by atoms with Gasteiger partial charge in [-0.15, -0.1) is 0 Å². The number of nitrogens with zero attached hydrogens (tertiary/aromatic N) is 2. The van der Waals surface area contributed by atoms with Crippen LogP contribution in [0.4, 0.5) is 0 Å². The van der Waals surface area contributed by atoms with Gasteiger partial charge in [0.05, 0.1) is 6.10 Å². The van der Waals surface area contributed by atoms with E-state index in [1.807, 2.05) is 7.05 Å². The van der Waals surface area contributed by atoms with Gasteiger partial charge in [0.2, 0.25) is 0 Å². The van der Waals surface area contributed by atoms with E-state index >= 15 is 0 Å². The largest absolute Gasteiger partial charge is 0.393 e. The lowest BCUT2D eigenvalue weighted by molar-refractivity contribution is 0.0792. The molecule has 2 aliphatic rings. The van der Waals surface area contributed by atoms with Crippen molar-refractivity contribution in [1.82, 2.24) is 15.5 Å². The highest BCUT2D eigenvalue weighted by molar-refractivity contribution is 5.79. The summed E-state index contributed by atoms with van der Waals surface area (Å²) in [6, 6.07) is 8.86. The Morgan fingerprint density at radius 1 is 1.00 bits per heavy atom. The summed E-state index contributed by atoms with van der Waals surface area (Å²) in [5, 5.41) is 16.5. The maximum atomic E-state index is 9.63. The molecular weight excluding hydrogens is 360 g/mol. The van der Waals surface area contributed by atoms with Crippen LogP contribution in [0.3, 0.4) is 0 Å². The van der Waals surface area contributed by atoms with Crippen molar-refractivity contribution in [3.63, 3.8) is 0 Å². The van der Waals surface area contributed by atoms with Gasteiger partial charge >= 0.3 is 0 Å². The van der Waals surface area contributed by atoms with Crippen LogP contribution in [0.15, 0.2) is 29.3 Å². The Balaban J connectivity index is 1.30. The van der Waals surface area contributed by atoms with Gasteiger partial charge in [-0.25, -0.2) is 0 Å². The lowest BCUT2D eigenvalue weighted by atomic mass is 10.0. The van der Waals surface area contributed by atoms with E-state index in [-0.39, 0.29) is 6.10 Å². The zero-order chi connectivity index (χ0) is 20.3. The van der Waals surface area contributed by atoms with E-state index in [0.717, 1.165) is 57.4 Å². The van der Waals surface area contributed by atoms with Gasteiger partial charge in [-0.05, 0) is 36.3 Å². The Labute approximate surface area is 177 Å². The Kier molecular flexibility index (Phi) is 9.29. The average molecular weight is 401 g/mol. The summed E-state index contributed by atoms with van der Waals surface area (Å²) < 4.78 is 0. The molecule has 5 heteroatoms. The molecule has 2 fully saturated rings. The van der Waals surface area contributed by atoms with Crippen LogP contribution in [0.25, 0.3) is 0 Å². The molecule has 1 heterocycles. The van der Waals surface area contributed by atoms with Gasteiger partial charge in [-0.3, -0.25) is 9.89 Å². The number of aliphatic imine (C=N–C) groups is 1. The van der Waals surface area contributed by atoms with E-state index in [1.165, 1.54) is 56.1 Å². The molecule has 29 heavy (non-hydrogen) atoms. The second kappa shape index (κ2) is 12.2. The topological polar surface area (TPSA) is 59.9 Å². The maximum Gasteiger partial charge on any atom is 0.191 e. The Hall–Kier alpha value is -1.59. The van der Waals surface area contributed by atoms with E-state index in [0.29, 0.717) is 0 Å². The summed E-state index contributed by atoms with van der Waals surface area (Å²) in [5.41, 5.74) is 2.61. The Bertz CT molecular complexity index is 602. The summed E-state index contributed by atoms with van der Waals surface area (Å²) in [6.07, 6.45) is 11.4. The van der Waals surface area contributed by atoms with E-state index in [1.54, 1.807) is 0 Å². The highest BCUT2D eigenvalue weighted by atomic mass is 16.3. The molecule has 0 aromatic heterocycles. The van der Waals surface area contributed by atoms with Crippen LogP contribution in [-0.2, 0) is 13.1 Å². The van der Waals surface area contributed by atoms with Gasteiger partial charge in [0, 0.05) is 39.8 Å². The molecule has 0 spiro atoms. The minimum absolute atomic E-state index is 0.102. The second-order valence-electron chi connectivity index (χ2n) is 8.82. The summed E-state index contributed by atoms with van der Waals surface area (Å²) in [7, 11) is 1.84. The van der Waals surface area contributed by atoms with Crippen LogP contribution in [-0.4, -0.2) is 48.8 Å². The number of rotatable bonds is 9. The third-order valence-corrected chi connectivity index (χ3v) is 6.48. The van der Waals surface area contributed by atoms with Crippen molar-refractivity contribution in [3.8, 4) is 0 Å². The van der Waals surface area contributed by atoms with Gasteiger partial charge < -0.3 is 15.7 Å². The van der Waals surface area contributed by atoms with Gasteiger partial charge in [-0.1, -0.05) is 62.8 Å². The summed E-state index contributed by atoms with van der Waals surface area (Å²) in [5.74, 6) is 1.89. The molecule has 1 saturated heterocycles. The van der Waals surface area contributed by atoms with Crippen LogP contribution in [0.5, 0.6) is 0 Å². The molecule has 1 aliphatic heterocycles. The van der Waals surface area contributed by atoms with Crippen molar-refractivity contribution in [3.05, 3.63) is 35.4 Å². The molecular formula is C24H40N4O. The lowest BCUT2D eigenvalue weighted by Gasteiger charge is -2.29. The smallest absolute Gasteiger partial charge is 0.191 e. The van der Waals surface area contributed by atoms with Crippen molar-refractivity contribution < 1.29 is 5.11 Å². The normalized spacial score (nSPS) is 19.6. The van der Waals surface area contributed by atoms with Gasteiger partial charge in [0.25, 0.3) is 0 Å². The third-order valence-electron chi connectivity index (χ3n) is 6.48. The second-order valence-corrected chi connectivity index (χ2v) is 8.82. The number of aliphatic hydroxyl groups excluding tert-OH is 1. The first-order chi connectivity index (χ1) is 14.2. The zero-order valence-corrected chi connectivity index (χ0v) is 18.2. The predicted octanol–water partition coefficient (Wildman–Crippen LogP) is 3.67. The van der Waals surface area contributed by atoms with Crippen molar-refractivity contribution >= 4 is 5.96 Å². The van der Waals surface area contributed by atoms with Crippen LogP contribution >= 0.6 is 0 Å². The zero-order valence-electron chi connectivity index (χ0n) is 18.2. The SMILES string of the molecule is CN=C(NCCCCC1CCCC1)NCc1ccc(CN2CCC(O)CC2)cc1. The molecule has 5 nitrogen and oxygen atoms in total. The van der Waals surface area contributed by atoms with Crippen LogP contribution < -0.4 is 10.6 Å². The van der Waals surface area contributed by atoms with E-state index < -0.39 is 0 Å². The predicted molar refractivity (Wildman–Crippen MR) is 121 cm³/mol. The summed E-state index contributed by atoms with van der Waals surface area (Å²) >= 11 is 0. The fourth-order valence-electron chi connectivity index (χ4n) is 4.57. The standard InChI is InChI=1S/C24H40N4O/c1-25-24(26-15-5-4-8-20-6-2-3-7-20)27-18-21-9-11-22(12-10-21)19-28-16-13-23(29)14-17-28/h9-12,20,23,29H,2-8,13-19H2,1H3,(H2,25,26,27). The molecule has 162 valence electrons. The number of hydrogen-bond acceptors (Lipinski definition) is 3. The molecule has 1 aromatic rings. The molecule has 0 atom stereocenters. The molecule has 3 N–H and O–H groups in total. The first kappa shape index (κ1) is 22.1. The molecule has 0 radical (unpaired) electrons. The number of likely N-dealkylation sites (tertiary alicyclic amines) is 1. The van der Waals surface area contributed by atoms with Crippen LogP contribution in [0, 0.1) is 5.92 Å². The molecule has 0 unspecified atom stereocenters. The minimum Gasteiger partial charge on any atom is -0.393 e. The molecule has 0 amide bonds. The number of nitrogens with one attached hydrogen (secondary N) is 2. The van der Waals surface area contributed by atoms with Crippen molar-refractivity contribution in [2.75, 3.05) is 26.7 Å². The van der Waals surface area contributed by atoms with Crippen molar-refractivity contribution in [2.24, 2.45) is 10.9 Å². The van der Waals surface area contributed by atoms with Gasteiger partial charge in [0.15, 0.2) is 5.96 Å². The first-order valence-corrected chi connectivity index (χ1v) is 11.7. The fraction of sp³-hybridized carbons (Fsp3) is 0.708. The molecule has 1 aromatic carbocycles. The van der Waals surface area contributed by atoms with E-state index in [4.69, 9.17) is 0 Å².